The van der Waals surface area contributed by atoms with Crippen LogP contribution in [0.5, 0.6) is 0 Å². The molecule has 2 nitrogen and oxygen atoms in total. The second-order valence-corrected chi connectivity index (χ2v) is 3.00. The highest BCUT2D eigenvalue weighted by Gasteiger charge is 1.93. The summed E-state index contributed by atoms with van der Waals surface area (Å²) in [6.45, 7) is 0. The number of carbonyl (C=O) groups excluding carboxylic acids is 2. The molecule has 0 radical (unpaired) electrons. The van der Waals surface area contributed by atoms with Crippen LogP contribution in [0.1, 0.15) is 14.5 Å². The van der Waals surface area contributed by atoms with E-state index >= 15 is 0 Å². The van der Waals surface area contributed by atoms with Gasteiger partial charge in [0.15, 0.2) is 6.29 Å². The third-order valence-electron chi connectivity index (χ3n) is 1.10. The zero-order valence-electron chi connectivity index (χ0n) is 5.69. The summed E-state index contributed by atoms with van der Waals surface area (Å²) in [6, 6.07) is 3.52. The van der Waals surface area contributed by atoms with Crippen molar-refractivity contribution < 1.29 is 9.59 Å². The minimum Gasteiger partial charge on any atom is -0.299 e. The van der Waals surface area contributed by atoms with Crippen LogP contribution in [-0.4, -0.2) is 12.6 Å². The van der Waals surface area contributed by atoms with Crippen molar-refractivity contribution in [2.45, 2.75) is 0 Å². The van der Waals surface area contributed by atoms with E-state index in [1.54, 1.807) is 18.2 Å². The number of rotatable bonds is 3. The lowest BCUT2D eigenvalue weighted by atomic mass is 10.4. The molecule has 0 unspecified atom stereocenters. The number of carbonyl (C=O) groups is 2. The van der Waals surface area contributed by atoms with Crippen LogP contribution in [0.3, 0.4) is 0 Å². The SMILES string of the molecule is O=CC=Cc1ccc(C=O)s1. The fourth-order valence-electron chi connectivity index (χ4n) is 0.655. The second kappa shape index (κ2) is 3.83. The van der Waals surface area contributed by atoms with Gasteiger partial charge in [0.05, 0.1) is 4.88 Å². The number of thiophene rings is 1. The third-order valence-corrected chi connectivity index (χ3v) is 2.08. The molecule has 1 aromatic rings. The Kier molecular flexibility index (Phi) is 2.74. The third kappa shape index (κ3) is 2.13. The van der Waals surface area contributed by atoms with Crippen LogP contribution < -0.4 is 0 Å². The van der Waals surface area contributed by atoms with E-state index < -0.39 is 0 Å². The van der Waals surface area contributed by atoms with Crippen molar-refractivity contribution in [2.24, 2.45) is 0 Å². The molecule has 0 aliphatic carbocycles. The molecule has 1 rings (SSSR count). The summed E-state index contributed by atoms with van der Waals surface area (Å²) >= 11 is 1.36. The van der Waals surface area contributed by atoms with Gasteiger partial charge in [-0.15, -0.1) is 11.3 Å². The Balaban J connectivity index is 2.80. The van der Waals surface area contributed by atoms with E-state index in [0.29, 0.717) is 11.2 Å². The predicted octanol–water partition coefficient (Wildman–Crippen LogP) is 1.77. The minimum atomic E-state index is 0.676. The van der Waals surface area contributed by atoms with E-state index in [1.165, 1.54) is 17.4 Å². The molecule has 0 spiro atoms. The maximum atomic E-state index is 10.2. The molecular formula is C8H6O2S. The van der Waals surface area contributed by atoms with Crippen LogP contribution in [0.15, 0.2) is 18.2 Å². The van der Waals surface area contributed by atoms with Crippen molar-refractivity contribution >= 4 is 30.0 Å². The van der Waals surface area contributed by atoms with Crippen LogP contribution >= 0.6 is 11.3 Å². The van der Waals surface area contributed by atoms with Gasteiger partial charge in [-0.1, -0.05) is 0 Å². The summed E-state index contributed by atoms with van der Waals surface area (Å²) in [5, 5.41) is 0. The first kappa shape index (κ1) is 7.88. The van der Waals surface area contributed by atoms with E-state index in [2.05, 4.69) is 0 Å². The topological polar surface area (TPSA) is 34.1 Å². The van der Waals surface area contributed by atoms with Crippen molar-refractivity contribution in [3.05, 3.63) is 28.0 Å². The molecular weight excluding hydrogens is 160 g/mol. The Morgan fingerprint density at radius 3 is 2.45 bits per heavy atom. The summed E-state index contributed by atoms with van der Waals surface area (Å²) in [5.41, 5.74) is 0. The molecule has 3 heteroatoms. The van der Waals surface area contributed by atoms with Gasteiger partial charge in [0.2, 0.25) is 0 Å². The normalized spacial score (nSPS) is 10.2. The molecule has 1 aromatic heterocycles. The molecule has 0 fully saturated rings. The lowest BCUT2D eigenvalue weighted by Crippen LogP contribution is -1.62. The van der Waals surface area contributed by atoms with Crippen LogP contribution in [0.4, 0.5) is 0 Å². The monoisotopic (exact) mass is 166 g/mol. The van der Waals surface area contributed by atoms with Crippen LogP contribution in [0.2, 0.25) is 0 Å². The van der Waals surface area contributed by atoms with Gasteiger partial charge in [0.1, 0.15) is 6.29 Å². The maximum Gasteiger partial charge on any atom is 0.160 e. The van der Waals surface area contributed by atoms with Crippen molar-refractivity contribution in [2.75, 3.05) is 0 Å². The van der Waals surface area contributed by atoms with Gasteiger partial charge in [-0.2, -0.15) is 0 Å². The Morgan fingerprint density at radius 2 is 1.91 bits per heavy atom. The lowest BCUT2D eigenvalue weighted by Gasteiger charge is -1.76. The van der Waals surface area contributed by atoms with E-state index in [4.69, 9.17) is 0 Å². The quantitative estimate of drug-likeness (QED) is 0.506. The molecule has 0 saturated heterocycles. The molecule has 11 heavy (non-hydrogen) atoms. The van der Waals surface area contributed by atoms with Crippen molar-refractivity contribution in [1.29, 1.82) is 0 Å². The van der Waals surface area contributed by atoms with Crippen LogP contribution in [-0.2, 0) is 4.79 Å². The number of aldehydes is 2. The zero-order valence-corrected chi connectivity index (χ0v) is 6.51. The second-order valence-electron chi connectivity index (χ2n) is 1.85. The molecule has 0 saturated carbocycles. The Labute approximate surface area is 68.2 Å². The molecule has 1 heterocycles. The van der Waals surface area contributed by atoms with Crippen molar-refractivity contribution in [3.63, 3.8) is 0 Å². The van der Waals surface area contributed by atoms with Gasteiger partial charge in [-0.3, -0.25) is 9.59 Å². The first-order valence-electron chi connectivity index (χ1n) is 3.03. The first-order chi connectivity index (χ1) is 5.36. The highest BCUT2D eigenvalue weighted by molar-refractivity contribution is 7.14. The molecule has 0 aliphatic heterocycles. The number of hydrogen-bond acceptors (Lipinski definition) is 3. The van der Waals surface area contributed by atoms with Crippen LogP contribution in [0, 0.1) is 0 Å². The van der Waals surface area contributed by atoms with Gasteiger partial charge in [-0.05, 0) is 24.3 Å². The summed E-state index contributed by atoms with van der Waals surface area (Å²) < 4.78 is 0. The molecule has 0 bridgehead atoms. The fraction of sp³-hybridized carbons (Fsp3) is 0. The highest BCUT2D eigenvalue weighted by atomic mass is 32.1. The minimum absolute atomic E-state index is 0.676. The molecule has 0 atom stereocenters. The Morgan fingerprint density at radius 1 is 1.18 bits per heavy atom. The van der Waals surface area contributed by atoms with Crippen molar-refractivity contribution in [3.8, 4) is 0 Å². The average Bonchev–Trinajstić information content (AvgIpc) is 2.48. The smallest absolute Gasteiger partial charge is 0.160 e. The largest absolute Gasteiger partial charge is 0.299 e. The molecule has 56 valence electrons. The van der Waals surface area contributed by atoms with Crippen molar-refractivity contribution in [1.82, 2.24) is 0 Å². The number of allylic oxidation sites excluding steroid dienone is 1. The van der Waals surface area contributed by atoms with Gasteiger partial charge in [-0.25, -0.2) is 0 Å². The summed E-state index contributed by atoms with van der Waals surface area (Å²) in [4.78, 5) is 21.7. The van der Waals surface area contributed by atoms with Crippen LogP contribution in [0.25, 0.3) is 6.08 Å². The summed E-state index contributed by atoms with van der Waals surface area (Å²) in [6.07, 6.45) is 4.58. The first-order valence-corrected chi connectivity index (χ1v) is 3.85. The Bertz CT molecular complexity index is 286. The van der Waals surface area contributed by atoms with Gasteiger partial charge >= 0.3 is 0 Å². The van der Waals surface area contributed by atoms with Gasteiger partial charge in [0.25, 0.3) is 0 Å². The van der Waals surface area contributed by atoms with Gasteiger partial charge < -0.3 is 0 Å². The molecule has 0 aliphatic rings. The molecule has 0 aromatic carbocycles. The summed E-state index contributed by atoms with van der Waals surface area (Å²) in [7, 11) is 0. The maximum absolute atomic E-state index is 10.2. The zero-order chi connectivity index (χ0) is 8.10. The molecule has 0 amide bonds. The Hall–Kier alpha value is -1.22. The van der Waals surface area contributed by atoms with E-state index in [9.17, 15) is 9.59 Å². The lowest BCUT2D eigenvalue weighted by molar-refractivity contribution is -0.104. The molecule has 0 N–H and O–H groups in total. The predicted molar refractivity (Wildman–Crippen MR) is 44.8 cm³/mol. The average molecular weight is 166 g/mol. The van der Waals surface area contributed by atoms with Gasteiger partial charge in [0, 0.05) is 4.88 Å². The highest BCUT2D eigenvalue weighted by Crippen LogP contribution is 2.15. The van der Waals surface area contributed by atoms with E-state index in [1.807, 2.05) is 0 Å². The van der Waals surface area contributed by atoms with E-state index in [-0.39, 0.29) is 0 Å². The summed E-state index contributed by atoms with van der Waals surface area (Å²) in [5.74, 6) is 0. The fourth-order valence-corrected chi connectivity index (χ4v) is 1.39. The van der Waals surface area contributed by atoms with E-state index in [0.717, 1.165) is 11.2 Å². The number of hydrogen-bond donors (Lipinski definition) is 0. The standard InChI is InChI=1S/C8H6O2S/c9-5-1-2-7-3-4-8(6-10)11-7/h1-6H.